The highest BCUT2D eigenvalue weighted by Crippen LogP contribution is 2.26. The maximum atomic E-state index is 12.6. The van der Waals surface area contributed by atoms with Gasteiger partial charge in [0.1, 0.15) is 5.01 Å². The monoisotopic (exact) mass is 369 g/mol. The molecule has 3 aromatic rings. The third kappa shape index (κ3) is 4.46. The summed E-state index contributed by atoms with van der Waals surface area (Å²) in [5.41, 5.74) is 7.33. The first-order valence-corrected chi connectivity index (χ1v) is 9.31. The zero-order valence-corrected chi connectivity index (χ0v) is 14.8. The van der Waals surface area contributed by atoms with E-state index >= 15 is 0 Å². The van der Waals surface area contributed by atoms with Crippen molar-refractivity contribution in [3.05, 3.63) is 65.7 Å². The SMILES string of the molecule is NC(=O)CSc1ccccc1C(=O)Nc1cccc(-c2nccs2)c1. The number of benzene rings is 2. The second-order valence-corrected chi connectivity index (χ2v) is 7.04. The molecule has 0 bridgehead atoms. The Bertz CT molecular complexity index is 895. The van der Waals surface area contributed by atoms with Crippen LogP contribution in [-0.2, 0) is 4.79 Å². The number of amides is 2. The van der Waals surface area contributed by atoms with E-state index in [1.807, 2.05) is 35.7 Å². The molecule has 0 radical (unpaired) electrons. The smallest absolute Gasteiger partial charge is 0.256 e. The lowest BCUT2D eigenvalue weighted by Gasteiger charge is -2.10. The first kappa shape index (κ1) is 17.2. The standard InChI is InChI=1S/C18H15N3O2S2/c19-16(22)11-25-15-7-2-1-6-14(15)17(23)21-13-5-3-4-12(10-13)18-20-8-9-24-18/h1-10H,11H2,(H2,19,22)(H,21,23). The predicted octanol–water partition coefficient (Wildman–Crippen LogP) is 3.64. The molecule has 5 nitrogen and oxygen atoms in total. The van der Waals surface area contributed by atoms with Crippen LogP contribution in [0.2, 0.25) is 0 Å². The molecule has 3 rings (SSSR count). The number of nitrogens with zero attached hydrogens (tertiary/aromatic N) is 1. The predicted molar refractivity (Wildman–Crippen MR) is 102 cm³/mol. The molecular formula is C18H15N3O2S2. The molecule has 0 atom stereocenters. The second kappa shape index (κ2) is 7.96. The Labute approximate surface area is 153 Å². The first-order chi connectivity index (χ1) is 12.1. The molecule has 1 heterocycles. The molecule has 7 heteroatoms. The minimum Gasteiger partial charge on any atom is -0.369 e. The van der Waals surface area contributed by atoms with Gasteiger partial charge in [0, 0.05) is 27.7 Å². The zero-order valence-electron chi connectivity index (χ0n) is 13.1. The van der Waals surface area contributed by atoms with E-state index in [1.54, 1.807) is 35.7 Å². The number of carbonyl (C=O) groups is 2. The van der Waals surface area contributed by atoms with E-state index in [-0.39, 0.29) is 11.7 Å². The van der Waals surface area contributed by atoms with Gasteiger partial charge < -0.3 is 11.1 Å². The van der Waals surface area contributed by atoms with E-state index < -0.39 is 5.91 Å². The van der Waals surface area contributed by atoms with Crippen LogP contribution >= 0.6 is 23.1 Å². The molecule has 1 aromatic heterocycles. The number of anilines is 1. The molecule has 25 heavy (non-hydrogen) atoms. The van der Waals surface area contributed by atoms with Crippen LogP contribution in [0.5, 0.6) is 0 Å². The lowest BCUT2D eigenvalue weighted by atomic mass is 10.2. The number of rotatable bonds is 6. The molecule has 0 unspecified atom stereocenters. The molecule has 0 aliphatic carbocycles. The van der Waals surface area contributed by atoms with Crippen molar-refractivity contribution in [2.45, 2.75) is 4.90 Å². The summed E-state index contributed by atoms with van der Waals surface area (Å²) in [6, 6.07) is 14.7. The van der Waals surface area contributed by atoms with Gasteiger partial charge in [-0.3, -0.25) is 9.59 Å². The highest BCUT2D eigenvalue weighted by atomic mass is 32.2. The van der Waals surface area contributed by atoms with Gasteiger partial charge in [0.2, 0.25) is 5.91 Å². The van der Waals surface area contributed by atoms with Gasteiger partial charge >= 0.3 is 0 Å². The minimum atomic E-state index is -0.420. The lowest BCUT2D eigenvalue weighted by molar-refractivity contribution is -0.115. The summed E-state index contributed by atoms with van der Waals surface area (Å²) in [4.78, 5) is 28.6. The van der Waals surface area contributed by atoms with Crippen LogP contribution in [-0.4, -0.2) is 22.6 Å². The summed E-state index contributed by atoms with van der Waals surface area (Å²) in [5, 5.41) is 5.70. The van der Waals surface area contributed by atoms with Crippen LogP contribution in [0.25, 0.3) is 10.6 Å². The molecular weight excluding hydrogens is 354 g/mol. The largest absolute Gasteiger partial charge is 0.369 e. The number of thiazole rings is 1. The Kier molecular flexibility index (Phi) is 5.47. The molecule has 0 fully saturated rings. The van der Waals surface area contributed by atoms with E-state index in [9.17, 15) is 9.59 Å². The number of aromatic nitrogens is 1. The summed E-state index contributed by atoms with van der Waals surface area (Å²) < 4.78 is 0. The Balaban J connectivity index is 1.79. The van der Waals surface area contributed by atoms with Crippen LogP contribution in [0.15, 0.2) is 65.0 Å². The van der Waals surface area contributed by atoms with E-state index in [0.29, 0.717) is 11.3 Å². The molecule has 3 N–H and O–H groups in total. The number of hydrogen-bond donors (Lipinski definition) is 2. The maximum Gasteiger partial charge on any atom is 0.256 e. The minimum absolute atomic E-state index is 0.129. The Hall–Kier alpha value is -2.64. The summed E-state index contributed by atoms with van der Waals surface area (Å²) >= 11 is 2.79. The summed E-state index contributed by atoms with van der Waals surface area (Å²) in [6.07, 6.45) is 1.75. The number of nitrogens with one attached hydrogen (secondary N) is 1. The van der Waals surface area contributed by atoms with Crippen LogP contribution in [0, 0.1) is 0 Å². The number of thioether (sulfide) groups is 1. The lowest BCUT2D eigenvalue weighted by Crippen LogP contribution is -2.15. The maximum absolute atomic E-state index is 12.6. The van der Waals surface area contributed by atoms with E-state index in [2.05, 4.69) is 10.3 Å². The normalized spacial score (nSPS) is 10.4. The van der Waals surface area contributed by atoms with Crippen molar-refractivity contribution in [3.63, 3.8) is 0 Å². The number of hydrogen-bond acceptors (Lipinski definition) is 5. The fraction of sp³-hybridized carbons (Fsp3) is 0.0556. The van der Waals surface area contributed by atoms with Crippen LogP contribution < -0.4 is 11.1 Å². The molecule has 0 saturated heterocycles. The van der Waals surface area contributed by atoms with E-state index in [1.165, 1.54) is 11.8 Å². The zero-order chi connectivity index (χ0) is 17.6. The van der Waals surface area contributed by atoms with Crippen LogP contribution in [0.1, 0.15) is 10.4 Å². The Morgan fingerprint density at radius 1 is 1.16 bits per heavy atom. The van der Waals surface area contributed by atoms with Gasteiger partial charge in [-0.15, -0.1) is 23.1 Å². The molecule has 0 aliphatic heterocycles. The highest BCUT2D eigenvalue weighted by Gasteiger charge is 2.13. The first-order valence-electron chi connectivity index (χ1n) is 7.45. The van der Waals surface area contributed by atoms with Crippen molar-refractivity contribution in [1.29, 1.82) is 0 Å². The van der Waals surface area contributed by atoms with Crippen molar-refractivity contribution in [1.82, 2.24) is 4.98 Å². The van der Waals surface area contributed by atoms with Crippen molar-refractivity contribution in [3.8, 4) is 10.6 Å². The van der Waals surface area contributed by atoms with Gasteiger partial charge in [0.05, 0.1) is 11.3 Å². The van der Waals surface area contributed by atoms with Gasteiger partial charge in [-0.25, -0.2) is 4.98 Å². The van der Waals surface area contributed by atoms with Gasteiger partial charge in [0.25, 0.3) is 5.91 Å². The second-order valence-electron chi connectivity index (χ2n) is 5.12. The highest BCUT2D eigenvalue weighted by molar-refractivity contribution is 8.00. The van der Waals surface area contributed by atoms with Gasteiger partial charge in [-0.1, -0.05) is 24.3 Å². The van der Waals surface area contributed by atoms with Crippen molar-refractivity contribution >= 4 is 40.6 Å². The molecule has 126 valence electrons. The summed E-state index contributed by atoms with van der Waals surface area (Å²) in [5.74, 6) is -0.524. The average molecular weight is 369 g/mol. The van der Waals surface area contributed by atoms with Gasteiger partial charge in [-0.2, -0.15) is 0 Å². The molecule has 0 spiro atoms. The Morgan fingerprint density at radius 3 is 2.76 bits per heavy atom. The number of nitrogens with two attached hydrogens (primary N) is 1. The third-order valence-corrected chi connectivity index (χ3v) is 5.22. The third-order valence-electron chi connectivity index (χ3n) is 3.30. The quantitative estimate of drug-likeness (QED) is 0.650. The van der Waals surface area contributed by atoms with Crippen LogP contribution in [0.4, 0.5) is 5.69 Å². The molecule has 0 saturated carbocycles. The average Bonchev–Trinajstić information content (AvgIpc) is 3.15. The fourth-order valence-electron chi connectivity index (χ4n) is 2.22. The molecule has 2 aromatic carbocycles. The van der Waals surface area contributed by atoms with E-state index in [4.69, 9.17) is 5.73 Å². The van der Waals surface area contributed by atoms with Gasteiger partial charge in [0.15, 0.2) is 0 Å². The number of carbonyl (C=O) groups excluding carboxylic acids is 2. The van der Waals surface area contributed by atoms with Crippen molar-refractivity contribution in [2.75, 3.05) is 11.1 Å². The topological polar surface area (TPSA) is 85.1 Å². The molecule has 0 aliphatic rings. The molecule has 2 amide bonds. The fourth-order valence-corrected chi connectivity index (χ4v) is 3.65. The van der Waals surface area contributed by atoms with Crippen molar-refractivity contribution < 1.29 is 9.59 Å². The van der Waals surface area contributed by atoms with Gasteiger partial charge in [-0.05, 0) is 24.3 Å². The van der Waals surface area contributed by atoms with E-state index in [0.717, 1.165) is 15.5 Å². The Morgan fingerprint density at radius 2 is 2.00 bits per heavy atom. The van der Waals surface area contributed by atoms with Crippen LogP contribution in [0.3, 0.4) is 0 Å². The summed E-state index contributed by atoms with van der Waals surface area (Å²) in [7, 11) is 0. The number of primary amides is 1. The van der Waals surface area contributed by atoms with Crippen molar-refractivity contribution in [2.24, 2.45) is 5.73 Å². The summed E-state index contributed by atoms with van der Waals surface area (Å²) in [6.45, 7) is 0.